The van der Waals surface area contributed by atoms with Crippen molar-refractivity contribution in [2.75, 3.05) is 0 Å². The average molecular weight is 432 g/mol. The van der Waals surface area contributed by atoms with Crippen LogP contribution in [0.15, 0.2) is 73.6 Å². The lowest BCUT2D eigenvalue weighted by molar-refractivity contribution is 0.322. The second-order valence-electron chi connectivity index (χ2n) is 9.30. The number of rotatable bonds is 5. The van der Waals surface area contributed by atoms with Crippen LogP contribution in [-0.2, 0) is 6.54 Å². The Morgan fingerprint density at radius 2 is 1.70 bits per heavy atom. The van der Waals surface area contributed by atoms with Crippen LogP contribution in [0.2, 0.25) is 0 Å². The van der Waals surface area contributed by atoms with Crippen LogP contribution in [0.1, 0.15) is 50.2 Å². The highest BCUT2D eigenvalue weighted by Crippen LogP contribution is 2.38. The molecule has 0 amide bonds. The maximum absolute atomic E-state index is 9.26. The van der Waals surface area contributed by atoms with Gasteiger partial charge in [-0.05, 0) is 55.0 Å². The number of hydrogen-bond acceptors (Lipinski definition) is 2. The van der Waals surface area contributed by atoms with E-state index >= 15 is 0 Å². The lowest BCUT2D eigenvalue weighted by Crippen LogP contribution is -2.13. The summed E-state index contributed by atoms with van der Waals surface area (Å²) in [5.41, 5.74) is 8.31. The monoisotopic (exact) mass is 431 g/mol. The second kappa shape index (κ2) is 9.08. The third-order valence-electron chi connectivity index (χ3n) is 6.96. The fourth-order valence-electron chi connectivity index (χ4n) is 5.10. The van der Waals surface area contributed by atoms with Crippen LogP contribution in [0.3, 0.4) is 0 Å². The van der Waals surface area contributed by atoms with Crippen molar-refractivity contribution in [2.24, 2.45) is 5.92 Å². The van der Waals surface area contributed by atoms with Crippen molar-refractivity contribution in [3.63, 3.8) is 0 Å². The van der Waals surface area contributed by atoms with Gasteiger partial charge < -0.3 is 4.57 Å². The van der Waals surface area contributed by atoms with Crippen LogP contribution in [0.4, 0.5) is 0 Å². The molecule has 0 N–H and O–H groups in total. The summed E-state index contributed by atoms with van der Waals surface area (Å²) in [5, 5.41) is 10.5. The van der Waals surface area contributed by atoms with Crippen molar-refractivity contribution in [1.82, 2.24) is 9.55 Å². The van der Waals surface area contributed by atoms with Gasteiger partial charge in [0.15, 0.2) is 0 Å². The van der Waals surface area contributed by atoms with Gasteiger partial charge in [-0.3, -0.25) is 4.98 Å². The first-order chi connectivity index (χ1) is 16.1. The molecule has 2 aromatic carbocycles. The lowest BCUT2D eigenvalue weighted by atomic mass is 9.89. The molecule has 164 valence electrons. The van der Waals surface area contributed by atoms with E-state index in [-0.39, 0.29) is 0 Å². The van der Waals surface area contributed by atoms with E-state index in [0.717, 1.165) is 46.0 Å². The van der Waals surface area contributed by atoms with Crippen LogP contribution in [0.5, 0.6) is 0 Å². The molecule has 2 heterocycles. The Hall–Kier alpha value is -3.64. The minimum atomic E-state index is 0.668. The molecule has 1 fully saturated rings. The second-order valence-corrected chi connectivity index (χ2v) is 9.30. The Balaban J connectivity index is 1.64. The zero-order valence-electron chi connectivity index (χ0n) is 19.2. The van der Waals surface area contributed by atoms with Crippen molar-refractivity contribution in [3.8, 4) is 28.5 Å². The number of hydrogen-bond donors (Lipinski definition) is 0. The summed E-state index contributed by atoms with van der Waals surface area (Å²) in [7, 11) is 0. The van der Waals surface area contributed by atoms with Gasteiger partial charge in [0.2, 0.25) is 0 Å². The van der Waals surface area contributed by atoms with Gasteiger partial charge in [-0.1, -0.05) is 67.8 Å². The molecule has 0 unspecified atom stereocenters. The Kier molecular flexibility index (Phi) is 5.84. The summed E-state index contributed by atoms with van der Waals surface area (Å²) >= 11 is 0. The SMILES string of the molecule is C=C(C)c1ccc(-c2ncc3c(ccn3CC3CCCCC3)c2-c2ccc(C#N)cc2)cc1. The van der Waals surface area contributed by atoms with E-state index in [1.807, 2.05) is 37.4 Å². The fourth-order valence-corrected chi connectivity index (χ4v) is 5.10. The predicted octanol–water partition coefficient (Wildman–Crippen LogP) is 7.86. The molecule has 3 nitrogen and oxygen atoms in total. The zero-order chi connectivity index (χ0) is 22.8. The van der Waals surface area contributed by atoms with Crippen molar-refractivity contribution in [3.05, 3.63) is 84.7 Å². The van der Waals surface area contributed by atoms with Gasteiger partial charge in [-0.25, -0.2) is 0 Å². The Bertz CT molecular complexity index is 1330. The van der Waals surface area contributed by atoms with E-state index in [9.17, 15) is 5.26 Å². The van der Waals surface area contributed by atoms with Crippen molar-refractivity contribution < 1.29 is 0 Å². The minimum Gasteiger partial charge on any atom is -0.346 e. The van der Waals surface area contributed by atoms with E-state index in [2.05, 4.69) is 53.7 Å². The lowest BCUT2D eigenvalue weighted by Gasteiger charge is -2.22. The molecule has 1 aliphatic rings. The maximum Gasteiger partial charge on any atom is 0.0991 e. The third-order valence-corrected chi connectivity index (χ3v) is 6.96. The normalized spacial score (nSPS) is 14.3. The molecule has 2 aromatic heterocycles. The summed E-state index contributed by atoms with van der Waals surface area (Å²) < 4.78 is 2.39. The van der Waals surface area contributed by atoms with Crippen LogP contribution < -0.4 is 0 Å². The maximum atomic E-state index is 9.26. The molecule has 33 heavy (non-hydrogen) atoms. The van der Waals surface area contributed by atoms with Gasteiger partial charge in [0.25, 0.3) is 0 Å². The Labute approximate surface area is 196 Å². The summed E-state index contributed by atoms with van der Waals surface area (Å²) in [6, 6.07) is 20.8. The fraction of sp³-hybridized carbons (Fsp3) is 0.267. The first kappa shape index (κ1) is 21.2. The number of allylic oxidation sites excluding steroid dienone is 1. The predicted molar refractivity (Wildman–Crippen MR) is 137 cm³/mol. The van der Waals surface area contributed by atoms with Crippen molar-refractivity contribution in [2.45, 2.75) is 45.6 Å². The van der Waals surface area contributed by atoms with E-state index < -0.39 is 0 Å². The number of aromatic nitrogens is 2. The Morgan fingerprint density at radius 3 is 2.36 bits per heavy atom. The molecule has 3 heteroatoms. The Morgan fingerprint density at radius 1 is 1.00 bits per heavy atom. The average Bonchev–Trinajstić information content (AvgIpc) is 3.27. The molecule has 4 aromatic rings. The number of pyridine rings is 1. The molecule has 0 spiro atoms. The highest BCUT2D eigenvalue weighted by atomic mass is 15.0. The van der Waals surface area contributed by atoms with Crippen LogP contribution in [-0.4, -0.2) is 9.55 Å². The van der Waals surface area contributed by atoms with Gasteiger partial charge in [0.05, 0.1) is 29.0 Å². The molecule has 1 saturated carbocycles. The van der Waals surface area contributed by atoms with Crippen LogP contribution in [0.25, 0.3) is 38.9 Å². The first-order valence-electron chi connectivity index (χ1n) is 11.9. The number of nitriles is 1. The van der Waals surface area contributed by atoms with Gasteiger partial charge in [-0.2, -0.15) is 5.26 Å². The summed E-state index contributed by atoms with van der Waals surface area (Å²) in [6.45, 7) is 7.14. The molecule has 0 aliphatic heterocycles. The minimum absolute atomic E-state index is 0.668. The highest BCUT2D eigenvalue weighted by molar-refractivity contribution is 6.01. The number of nitrogens with zero attached hydrogens (tertiary/aromatic N) is 3. The van der Waals surface area contributed by atoms with E-state index in [0.29, 0.717) is 5.56 Å². The van der Waals surface area contributed by atoms with Crippen LogP contribution in [0, 0.1) is 17.2 Å². The van der Waals surface area contributed by atoms with E-state index in [1.165, 1.54) is 43.0 Å². The van der Waals surface area contributed by atoms with Gasteiger partial charge >= 0.3 is 0 Å². The first-order valence-corrected chi connectivity index (χ1v) is 11.9. The van der Waals surface area contributed by atoms with E-state index in [1.54, 1.807) is 0 Å². The molecule has 0 bridgehead atoms. The summed E-state index contributed by atoms with van der Waals surface area (Å²) in [6.07, 6.45) is 11.0. The van der Waals surface area contributed by atoms with Crippen molar-refractivity contribution in [1.29, 1.82) is 5.26 Å². The quantitative estimate of drug-likeness (QED) is 0.323. The molecule has 1 aliphatic carbocycles. The molecule has 5 rings (SSSR count). The highest BCUT2D eigenvalue weighted by Gasteiger charge is 2.19. The molecular weight excluding hydrogens is 402 g/mol. The molecular formula is C30H29N3. The standard InChI is InChI=1S/C30H29N3/c1-21(2)24-12-14-26(15-13-24)30-29(25-10-8-22(18-31)9-11-25)27-16-17-33(28(27)19-32-30)20-23-6-4-3-5-7-23/h8-17,19,23H,1,3-7,20H2,2H3. The van der Waals surface area contributed by atoms with Crippen molar-refractivity contribution >= 4 is 16.5 Å². The van der Waals surface area contributed by atoms with Crippen LogP contribution >= 0.6 is 0 Å². The molecule has 0 radical (unpaired) electrons. The summed E-state index contributed by atoms with van der Waals surface area (Å²) in [5.74, 6) is 0.752. The van der Waals surface area contributed by atoms with E-state index in [4.69, 9.17) is 4.98 Å². The zero-order valence-corrected chi connectivity index (χ0v) is 19.2. The third kappa shape index (κ3) is 4.22. The number of fused-ring (bicyclic) bond motifs is 1. The van der Waals surface area contributed by atoms with Gasteiger partial charge in [0.1, 0.15) is 0 Å². The van der Waals surface area contributed by atoms with Gasteiger partial charge in [-0.15, -0.1) is 0 Å². The smallest absolute Gasteiger partial charge is 0.0991 e. The summed E-state index contributed by atoms with van der Waals surface area (Å²) in [4.78, 5) is 4.99. The largest absolute Gasteiger partial charge is 0.346 e. The topological polar surface area (TPSA) is 41.6 Å². The molecule has 0 atom stereocenters. The number of benzene rings is 2. The molecule has 0 saturated heterocycles. The van der Waals surface area contributed by atoms with Gasteiger partial charge in [0, 0.05) is 29.3 Å².